The first-order valence-electron chi connectivity index (χ1n) is 6.38. The maximum Gasteiger partial charge on any atom is 0.255 e. The van der Waals surface area contributed by atoms with E-state index in [-0.39, 0.29) is 11.4 Å². The molecule has 8 heteroatoms. The smallest absolute Gasteiger partial charge is 0.255 e. The van der Waals surface area contributed by atoms with Crippen molar-refractivity contribution in [3.05, 3.63) is 42.7 Å². The molecule has 0 unspecified atom stereocenters. The minimum atomic E-state index is -0.488. The zero-order valence-electron chi connectivity index (χ0n) is 11.2. The molecule has 0 aromatic carbocycles. The topological polar surface area (TPSA) is 81.4 Å². The van der Waals surface area contributed by atoms with Crippen LogP contribution in [-0.2, 0) is 0 Å². The van der Waals surface area contributed by atoms with E-state index >= 15 is 0 Å². The molecule has 21 heavy (non-hydrogen) atoms. The summed E-state index contributed by atoms with van der Waals surface area (Å²) in [4.78, 5) is 16.5. The first-order chi connectivity index (χ1) is 10.3. The Hall–Kier alpha value is -2.90. The SMILES string of the molecule is CCNc1nc(-c2ccncc2F)nc(-n2cccn2)n1. The molecule has 3 rings (SSSR count). The summed E-state index contributed by atoms with van der Waals surface area (Å²) < 4.78 is 15.4. The number of aromatic nitrogens is 6. The van der Waals surface area contributed by atoms with Gasteiger partial charge < -0.3 is 5.32 Å². The minimum absolute atomic E-state index is 0.228. The normalized spacial score (nSPS) is 10.6. The van der Waals surface area contributed by atoms with Crippen LogP contribution in [0.25, 0.3) is 17.3 Å². The summed E-state index contributed by atoms with van der Waals surface area (Å²) in [5, 5.41) is 7.07. The Morgan fingerprint density at radius 2 is 2.14 bits per heavy atom. The lowest BCUT2D eigenvalue weighted by Crippen LogP contribution is -2.10. The fourth-order valence-electron chi connectivity index (χ4n) is 1.77. The molecule has 1 N–H and O–H groups in total. The van der Waals surface area contributed by atoms with Crippen molar-refractivity contribution in [3.8, 4) is 17.3 Å². The second-order valence-corrected chi connectivity index (χ2v) is 4.12. The van der Waals surface area contributed by atoms with Gasteiger partial charge in [0.25, 0.3) is 5.95 Å². The molecule has 0 amide bonds. The molecule has 7 nitrogen and oxygen atoms in total. The summed E-state index contributed by atoms with van der Waals surface area (Å²) in [7, 11) is 0. The number of nitrogens with one attached hydrogen (secondary N) is 1. The summed E-state index contributed by atoms with van der Waals surface area (Å²) in [5.74, 6) is 0.422. The average molecular weight is 285 g/mol. The van der Waals surface area contributed by atoms with E-state index in [1.165, 1.54) is 16.9 Å². The quantitative estimate of drug-likeness (QED) is 0.785. The van der Waals surface area contributed by atoms with E-state index < -0.39 is 5.82 Å². The molecule has 0 radical (unpaired) electrons. The van der Waals surface area contributed by atoms with Gasteiger partial charge in [0, 0.05) is 25.1 Å². The molecule has 0 spiro atoms. The van der Waals surface area contributed by atoms with Gasteiger partial charge in [-0.1, -0.05) is 0 Å². The molecule has 0 aliphatic carbocycles. The lowest BCUT2D eigenvalue weighted by molar-refractivity contribution is 0.623. The van der Waals surface area contributed by atoms with Gasteiger partial charge in [0.2, 0.25) is 5.95 Å². The Kier molecular flexibility index (Phi) is 3.50. The van der Waals surface area contributed by atoms with Crippen LogP contribution >= 0.6 is 0 Å². The van der Waals surface area contributed by atoms with Crippen LogP contribution in [0.4, 0.5) is 10.3 Å². The predicted molar refractivity (Wildman–Crippen MR) is 74.3 cm³/mol. The number of pyridine rings is 1. The third-order valence-electron chi connectivity index (χ3n) is 2.68. The highest BCUT2D eigenvalue weighted by molar-refractivity contribution is 5.56. The monoisotopic (exact) mass is 285 g/mol. The van der Waals surface area contributed by atoms with Gasteiger partial charge in [-0.2, -0.15) is 20.1 Å². The van der Waals surface area contributed by atoms with E-state index in [2.05, 4.69) is 30.4 Å². The Bertz CT molecular complexity index is 742. The van der Waals surface area contributed by atoms with Crippen molar-refractivity contribution in [1.29, 1.82) is 0 Å². The van der Waals surface area contributed by atoms with Crippen molar-refractivity contribution < 1.29 is 4.39 Å². The van der Waals surface area contributed by atoms with Crippen molar-refractivity contribution >= 4 is 5.95 Å². The fourth-order valence-corrected chi connectivity index (χ4v) is 1.77. The van der Waals surface area contributed by atoms with Crippen molar-refractivity contribution in [2.45, 2.75) is 6.92 Å². The van der Waals surface area contributed by atoms with Crippen LogP contribution in [0.2, 0.25) is 0 Å². The van der Waals surface area contributed by atoms with Gasteiger partial charge in [0.15, 0.2) is 11.6 Å². The summed E-state index contributed by atoms with van der Waals surface area (Å²) in [6, 6.07) is 3.27. The van der Waals surface area contributed by atoms with E-state index in [1.54, 1.807) is 18.5 Å². The third kappa shape index (κ3) is 2.69. The van der Waals surface area contributed by atoms with Gasteiger partial charge in [-0.05, 0) is 19.1 Å². The highest BCUT2D eigenvalue weighted by atomic mass is 19.1. The maximum absolute atomic E-state index is 13.9. The van der Waals surface area contributed by atoms with Crippen LogP contribution in [0.3, 0.4) is 0 Å². The first-order valence-corrected chi connectivity index (χ1v) is 6.38. The largest absolute Gasteiger partial charge is 0.354 e. The lowest BCUT2D eigenvalue weighted by atomic mass is 10.2. The van der Waals surface area contributed by atoms with Crippen molar-refractivity contribution in [2.24, 2.45) is 0 Å². The second-order valence-electron chi connectivity index (χ2n) is 4.12. The van der Waals surface area contributed by atoms with Crippen LogP contribution in [0.1, 0.15) is 6.92 Å². The van der Waals surface area contributed by atoms with Crippen LogP contribution in [0, 0.1) is 5.82 Å². The van der Waals surface area contributed by atoms with Crippen LogP contribution in [0.15, 0.2) is 36.9 Å². The fraction of sp³-hybridized carbons (Fsp3) is 0.154. The zero-order valence-corrected chi connectivity index (χ0v) is 11.2. The van der Waals surface area contributed by atoms with Gasteiger partial charge in [-0.25, -0.2) is 9.07 Å². The average Bonchev–Trinajstić information content (AvgIpc) is 3.02. The Labute approximate surface area is 119 Å². The van der Waals surface area contributed by atoms with Gasteiger partial charge >= 0.3 is 0 Å². The molecule has 0 saturated carbocycles. The maximum atomic E-state index is 13.9. The molecule has 3 aromatic rings. The molecule has 106 valence electrons. The summed E-state index contributed by atoms with van der Waals surface area (Å²) >= 11 is 0. The van der Waals surface area contributed by atoms with Crippen molar-refractivity contribution in [2.75, 3.05) is 11.9 Å². The highest BCUT2D eigenvalue weighted by Crippen LogP contribution is 2.19. The van der Waals surface area contributed by atoms with Crippen LogP contribution in [0.5, 0.6) is 0 Å². The van der Waals surface area contributed by atoms with Gasteiger partial charge in [-0.15, -0.1) is 0 Å². The number of hydrogen-bond acceptors (Lipinski definition) is 6. The van der Waals surface area contributed by atoms with Crippen molar-refractivity contribution in [1.82, 2.24) is 29.7 Å². The number of anilines is 1. The Morgan fingerprint density at radius 3 is 2.86 bits per heavy atom. The molecule has 3 heterocycles. The van der Waals surface area contributed by atoms with Gasteiger partial charge in [0.1, 0.15) is 0 Å². The van der Waals surface area contributed by atoms with Gasteiger partial charge in [0.05, 0.1) is 11.8 Å². The van der Waals surface area contributed by atoms with E-state index in [1.807, 2.05) is 6.92 Å². The summed E-state index contributed by atoms with van der Waals surface area (Å²) in [5.41, 5.74) is 0.264. The van der Waals surface area contributed by atoms with E-state index in [0.29, 0.717) is 18.4 Å². The summed E-state index contributed by atoms with van der Waals surface area (Å²) in [6.45, 7) is 2.56. The number of rotatable bonds is 4. The molecule has 0 atom stereocenters. The molecule has 0 bridgehead atoms. The van der Waals surface area contributed by atoms with Crippen LogP contribution < -0.4 is 5.32 Å². The molecule has 0 aliphatic heterocycles. The Morgan fingerprint density at radius 1 is 1.24 bits per heavy atom. The van der Waals surface area contributed by atoms with Crippen molar-refractivity contribution in [3.63, 3.8) is 0 Å². The molecular weight excluding hydrogens is 273 g/mol. The van der Waals surface area contributed by atoms with Gasteiger partial charge in [-0.3, -0.25) is 4.98 Å². The molecule has 0 aliphatic rings. The number of hydrogen-bond donors (Lipinski definition) is 1. The van der Waals surface area contributed by atoms with E-state index in [4.69, 9.17) is 0 Å². The predicted octanol–water partition coefficient (Wildman–Crippen LogP) is 1.69. The standard InChI is InChI=1S/C13H12FN7/c1-2-16-12-18-11(9-4-6-15-8-10(9)14)19-13(20-12)21-7-3-5-17-21/h3-8H,2H2,1H3,(H,16,18,19,20). The molecule has 0 saturated heterocycles. The van der Waals surface area contributed by atoms with Crippen LogP contribution in [-0.4, -0.2) is 36.3 Å². The molecular formula is C13H12FN7. The first kappa shape index (κ1) is 13.1. The minimum Gasteiger partial charge on any atom is -0.354 e. The second kappa shape index (κ2) is 5.61. The zero-order chi connectivity index (χ0) is 14.7. The number of halogens is 1. The molecule has 0 fully saturated rings. The highest BCUT2D eigenvalue weighted by Gasteiger charge is 2.13. The lowest BCUT2D eigenvalue weighted by Gasteiger charge is -2.08. The molecule has 3 aromatic heterocycles. The number of nitrogens with zero attached hydrogens (tertiary/aromatic N) is 6. The van der Waals surface area contributed by atoms with E-state index in [9.17, 15) is 4.39 Å². The summed E-state index contributed by atoms with van der Waals surface area (Å²) in [6.07, 6.45) is 5.93. The Balaban J connectivity index is 2.14. The van der Waals surface area contributed by atoms with E-state index in [0.717, 1.165) is 6.20 Å². The third-order valence-corrected chi connectivity index (χ3v) is 2.68.